The van der Waals surface area contributed by atoms with Crippen molar-refractivity contribution in [2.45, 2.75) is 0 Å². The monoisotopic (exact) mass is 187 g/mol. The van der Waals surface area contributed by atoms with Crippen molar-refractivity contribution in [1.82, 2.24) is 5.32 Å². The van der Waals surface area contributed by atoms with E-state index in [1.54, 1.807) is 6.26 Å². The van der Waals surface area contributed by atoms with Crippen LogP contribution in [0.1, 0.15) is 0 Å². The van der Waals surface area contributed by atoms with Gasteiger partial charge in [0.1, 0.15) is 0 Å². The highest BCUT2D eigenvalue weighted by Crippen LogP contribution is 2.09. The van der Waals surface area contributed by atoms with Crippen LogP contribution in [0.3, 0.4) is 0 Å². The van der Waals surface area contributed by atoms with Gasteiger partial charge in [0.15, 0.2) is 5.03 Å². The summed E-state index contributed by atoms with van der Waals surface area (Å²) in [6.07, 6.45) is 6.63. The van der Waals surface area contributed by atoms with E-state index in [1.165, 1.54) is 0 Å². The molecule has 0 heterocycles. The zero-order valence-corrected chi connectivity index (χ0v) is 7.35. The number of nitrogens with one attached hydrogen (secondary N) is 1. The molecule has 0 aromatic rings. The number of nitrogens with two attached hydrogens (primary N) is 1. The number of rotatable bonds is 4. The Hall–Kier alpha value is -1.35. The summed E-state index contributed by atoms with van der Waals surface area (Å²) in [7, 11) is 0. The van der Waals surface area contributed by atoms with Gasteiger partial charge in [0, 0.05) is 0 Å². The Balaban J connectivity index is 4.41. The Morgan fingerprint density at radius 3 is 2.83 bits per heavy atom. The number of nitro groups is 1. The zero-order valence-electron chi connectivity index (χ0n) is 6.53. The van der Waals surface area contributed by atoms with Crippen LogP contribution in [0.2, 0.25) is 0 Å². The molecule has 0 saturated heterocycles. The second-order valence-electron chi connectivity index (χ2n) is 1.73. The predicted octanol–water partition coefficient (Wildman–Crippen LogP) is -0.0658. The minimum Gasteiger partial charge on any atom is -0.362 e. The van der Waals surface area contributed by atoms with Crippen LogP contribution in [0.4, 0.5) is 0 Å². The van der Waals surface area contributed by atoms with Crippen molar-refractivity contribution >= 4 is 11.8 Å². The van der Waals surface area contributed by atoms with Crippen molar-refractivity contribution in [3.8, 4) is 12.3 Å². The Bertz CT molecular complexity index is 244. The van der Waals surface area contributed by atoms with Crippen LogP contribution >= 0.6 is 11.8 Å². The van der Waals surface area contributed by atoms with E-state index in [2.05, 4.69) is 11.2 Å². The largest absolute Gasteiger partial charge is 0.362 e. The molecule has 0 spiro atoms. The Labute approximate surface area is 74.5 Å². The van der Waals surface area contributed by atoms with Crippen LogP contribution in [0.15, 0.2) is 10.9 Å². The van der Waals surface area contributed by atoms with Crippen LogP contribution in [0.25, 0.3) is 0 Å². The molecule has 12 heavy (non-hydrogen) atoms. The smallest absolute Gasteiger partial charge is 0.344 e. The first kappa shape index (κ1) is 10.7. The Morgan fingerprint density at radius 1 is 1.92 bits per heavy atom. The van der Waals surface area contributed by atoms with Crippen LogP contribution < -0.4 is 11.1 Å². The average Bonchev–Trinajstić information content (AvgIpc) is 2.05. The average molecular weight is 187 g/mol. The molecule has 0 rings (SSSR count). The van der Waals surface area contributed by atoms with Crippen LogP contribution in [-0.4, -0.2) is 17.7 Å². The number of thioether (sulfide) groups is 1. The molecule has 0 aromatic heterocycles. The molecule has 0 radical (unpaired) electrons. The van der Waals surface area contributed by atoms with Crippen molar-refractivity contribution in [3.63, 3.8) is 0 Å². The standard InChI is InChI=1S/C6H9N3O2S/c1-3-4-8-6(12-2)5(7)9(10)11/h1,8H,4,7H2,2H3/b6-5+. The second-order valence-corrected chi connectivity index (χ2v) is 2.55. The molecular formula is C6H9N3O2S. The summed E-state index contributed by atoms with van der Waals surface area (Å²) in [6, 6.07) is 0. The molecule has 66 valence electrons. The van der Waals surface area contributed by atoms with Gasteiger partial charge in [0.05, 0.1) is 6.54 Å². The predicted molar refractivity (Wildman–Crippen MR) is 48.6 cm³/mol. The van der Waals surface area contributed by atoms with Crippen LogP contribution in [0.5, 0.6) is 0 Å². The number of terminal acetylenes is 1. The fourth-order valence-electron chi connectivity index (χ4n) is 0.482. The van der Waals surface area contributed by atoms with Crippen molar-refractivity contribution in [2.24, 2.45) is 5.73 Å². The first-order valence-electron chi connectivity index (χ1n) is 2.99. The molecule has 0 unspecified atom stereocenters. The van der Waals surface area contributed by atoms with E-state index in [4.69, 9.17) is 12.2 Å². The van der Waals surface area contributed by atoms with Crippen molar-refractivity contribution in [3.05, 3.63) is 21.0 Å². The molecule has 0 saturated carbocycles. The molecule has 0 atom stereocenters. The lowest BCUT2D eigenvalue weighted by Crippen LogP contribution is -2.20. The summed E-state index contributed by atoms with van der Waals surface area (Å²) >= 11 is 1.15. The molecule has 0 bridgehead atoms. The third kappa shape index (κ3) is 3.16. The maximum Gasteiger partial charge on any atom is 0.344 e. The van der Waals surface area contributed by atoms with Gasteiger partial charge in [-0.25, -0.2) is 0 Å². The van der Waals surface area contributed by atoms with Gasteiger partial charge in [-0.05, 0) is 11.2 Å². The van der Waals surface area contributed by atoms with E-state index >= 15 is 0 Å². The molecule has 3 N–H and O–H groups in total. The number of hydrogen-bond acceptors (Lipinski definition) is 5. The van der Waals surface area contributed by atoms with Gasteiger partial charge < -0.3 is 15.4 Å². The fraction of sp³-hybridized carbons (Fsp3) is 0.333. The summed E-state index contributed by atoms with van der Waals surface area (Å²) in [5.41, 5.74) is 5.14. The van der Waals surface area contributed by atoms with E-state index in [0.717, 1.165) is 11.8 Å². The minimum absolute atomic E-state index is 0.227. The maximum absolute atomic E-state index is 10.2. The van der Waals surface area contributed by atoms with E-state index < -0.39 is 10.7 Å². The Morgan fingerprint density at radius 2 is 2.50 bits per heavy atom. The van der Waals surface area contributed by atoms with Gasteiger partial charge in [-0.3, -0.25) is 5.73 Å². The zero-order chi connectivity index (χ0) is 9.56. The molecule has 0 amide bonds. The molecule has 6 heteroatoms. The van der Waals surface area contributed by atoms with E-state index in [-0.39, 0.29) is 11.6 Å². The molecule has 5 nitrogen and oxygen atoms in total. The number of nitrogens with zero attached hydrogens (tertiary/aromatic N) is 1. The third-order valence-corrected chi connectivity index (χ3v) is 1.75. The highest BCUT2D eigenvalue weighted by atomic mass is 32.2. The summed E-state index contributed by atoms with van der Waals surface area (Å²) in [4.78, 5) is 9.52. The summed E-state index contributed by atoms with van der Waals surface area (Å²) in [5.74, 6) is 1.88. The SMILES string of the molecule is C#CCN/C(SC)=C(/N)[N+](=O)[O-]. The Kier molecular flexibility index (Phi) is 4.72. The van der Waals surface area contributed by atoms with Crippen LogP contribution in [-0.2, 0) is 0 Å². The lowest BCUT2D eigenvalue weighted by molar-refractivity contribution is -0.427. The molecule has 0 fully saturated rings. The summed E-state index contributed by atoms with van der Waals surface area (Å²) < 4.78 is 0. The van der Waals surface area contributed by atoms with Crippen molar-refractivity contribution < 1.29 is 4.92 Å². The molecule has 0 aliphatic heterocycles. The summed E-state index contributed by atoms with van der Waals surface area (Å²) in [5, 5.41) is 13.1. The highest BCUT2D eigenvalue weighted by Gasteiger charge is 2.09. The molecule has 0 aliphatic rings. The second kappa shape index (κ2) is 5.32. The molecule has 0 aliphatic carbocycles. The van der Waals surface area contributed by atoms with Gasteiger partial charge in [-0.15, -0.1) is 18.2 Å². The maximum atomic E-state index is 10.2. The first-order valence-corrected chi connectivity index (χ1v) is 4.21. The summed E-state index contributed by atoms with van der Waals surface area (Å²) in [6.45, 7) is 0.227. The van der Waals surface area contributed by atoms with Crippen molar-refractivity contribution in [2.75, 3.05) is 12.8 Å². The van der Waals surface area contributed by atoms with E-state index in [9.17, 15) is 10.1 Å². The quantitative estimate of drug-likeness (QED) is 0.366. The van der Waals surface area contributed by atoms with E-state index in [1.807, 2.05) is 0 Å². The van der Waals surface area contributed by atoms with Crippen LogP contribution in [0, 0.1) is 22.5 Å². The van der Waals surface area contributed by atoms with Gasteiger partial charge in [0.25, 0.3) is 0 Å². The van der Waals surface area contributed by atoms with Gasteiger partial charge in [-0.1, -0.05) is 5.92 Å². The lowest BCUT2D eigenvalue weighted by atomic mass is 10.6. The topological polar surface area (TPSA) is 81.2 Å². The molecule has 0 aromatic carbocycles. The van der Waals surface area contributed by atoms with Gasteiger partial charge in [0.2, 0.25) is 0 Å². The van der Waals surface area contributed by atoms with Gasteiger partial charge >= 0.3 is 5.82 Å². The minimum atomic E-state index is -0.657. The number of hydrogen-bond donors (Lipinski definition) is 2. The fourth-order valence-corrected chi connectivity index (χ4v) is 0.982. The van der Waals surface area contributed by atoms with Gasteiger partial charge in [-0.2, -0.15) is 0 Å². The third-order valence-electron chi connectivity index (χ3n) is 0.984. The van der Waals surface area contributed by atoms with Crippen molar-refractivity contribution in [1.29, 1.82) is 0 Å². The normalized spacial score (nSPS) is 11.3. The van der Waals surface area contributed by atoms with E-state index in [0.29, 0.717) is 0 Å². The lowest BCUT2D eigenvalue weighted by Gasteiger charge is -2.04. The highest BCUT2D eigenvalue weighted by molar-refractivity contribution is 8.02. The molecular weight excluding hydrogens is 178 g/mol. The first-order chi connectivity index (χ1) is 5.63.